The maximum atomic E-state index is 14.2. The molecule has 42 heavy (non-hydrogen) atoms. The first-order valence-electron chi connectivity index (χ1n) is 12.1. The van der Waals surface area contributed by atoms with E-state index in [-0.39, 0.29) is 46.8 Å². The van der Waals surface area contributed by atoms with Crippen LogP contribution in [0.2, 0.25) is 5.02 Å². The van der Waals surface area contributed by atoms with E-state index in [0.29, 0.717) is 11.8 Å². The summed E-state index contributed by atoms with van der Waals surface area (Å²) in [6.45, 7) is 0.877. The highest BCUT2D eigenvalue weighted by molar-refractivity contribution is 7.99. The number of ether oxygens (including phenoxy) is 1. The molecule has 0 radical (unpaired) electrons. The van der Waals surface area contributed by atoms with Crippen molar-refractivity contribution in [1.82, 2.24) is 4.90 Å². The van der Waals surface area contributed by atoms with Gasteiger partial charge in [-0.25, -0.2) is 8.42 Å². The van der Waals surface area contributed by atoms with Crippen molar-refractivity contribution in [2.24, 2.45) is 0 Å². The molecule has 0 aliphatic carbocycles. The van der Waals surface area contributed by atoms with E-state index in [9.17, 15) is 39.6 Å². The highest BCUT2D eigenvalue weighted by Crippen LogP contribution is 2.48. The van der Waals surface area contributed by atoms with Crippen molar-refractivity contribution in [3.63, 3.8) is 0 Å². The van der Waals surface area contributed by atoms with Gasteiger partial charge in [0.2, 0.25) is 5.91 Å². The van der Waals surface area contributed by atoms with Gasteiger partial charge in [-0.05, 0) is 54.1 Å². The summed E-state index contributed by atoms with van der Waals surface area (Å²) in [5, 5.41) is 0.158. The molecular weight excluding hydrogens is 630 g/mol. The summed E-state index contributed by atoms with van der Waals surface area (Å²) >= 11 is 6.23. The van der Waals surface area contributed by atoms with Crippen LogP contribution in [0.25, 0.3) is 6.08 Å². The number of halogens is 7. The molecule has 0 bridgehead atoms. The minimum absolute atomic E-state index is 0.0331. The quantitative estimate of drug-likeness (QED) is 0.216. The van der Waals surface area contributed by atoms with Crippen LogP contribution in [0.15, 0.2) is 81.4 Å². The molecule has 224 valence electrons. The van der Waals surface area contributed by atoms with Gasteiger partial charge >= 0.3 is 12.4 Å². The third-order valence-corrected chi connectivity index (χ3v) is 8.58. The number of carbonyl (C=O) groups excluding carboxylic acids is 1. The summed E-state index contributed by atoms with van der Waals surface area (Å²) in [6, 6.07) is 12.3. The smallest absolute Gasteiger partial charge is 0.378 e. The van der Waals surface area contributed by atoms with E-state index < -0.39 is 49.9 Å². The van der Waals surface area contributed by atoms with Crippen molar-refractivity contribution >= 4 is 51.1 Å². The first-order valence-corrected chi connectivity index (χ1v) is 14.8. The number of nitrogens with zero attached hydrogens (tertiary/aromatic N) is 1. The molecule has 1 aliphatic rings. The Kier molecular flexibility index (Phi) is 9.50. The van der Waals surface area contributed by atoms with E-state index in [1.807, 2.05) is 0 Å². The van der Waals surface area contributed by atoms with Gasteiger partial charge in [0.05, 0.1) is 29.2 Å². The summed E-state index contributed by atoms with van der Waals surface area (Å²) < 4.78 is 118. The Morgan fingerprint density at radius 1 is 0.929 bits per heavy atom. The van der Waals surface area contributed by atoms with Gasteiger partial charge in [-0.3, -0.25) is 9.52 Å². The fraction of sp³-hybridized carbons (Fsp3) is 0.222. The molecule has 0 saturated carbocycles. The second-order valence-electron chi connectivity index (χ2n) is 8.86. The summed E-state index contributed by atoms with van der Waals surface area (Å²) in [5.41, 5.74) is -4.73. The van der Waals surface area contributed by atoms with Gasteiger partial charge < -0.3 is 9.64 Å². The molecule has 0 atom stereocenters. The lowest BCUT2D eigenvalue weighted by molar-refractivity contribution is -0.163. The molecular formula is C27H21ClF6N2O4S2. The topological polar surface area (TPSA) is 75.7 Å². The average Bonchev–Trinajstić information content (AvgIpc) is 2.91. The highest BCUT2D eigenvalue weighted by Gasteiger charge is 2.46. The number of morpholine rings is 1. The third-order valence-electron chi connectivity index (χ3n) is 5.91. The Balaban J connectivity index is 1.69. The summed E-state index contributed by atoms with van der Waals surface area (Å²) in [5.74, 6) is -0.657. The van der Waals surface area contributed by atoms with Crippen molar-refractivity contribution in [2.45, 2.75) is 27.0 Å². The number of nitrogens with one attached hydrogen (secondary N) is 1. The third kappa shape index (κ3) is 7.79. The maximum absolute atomic E-state index is 14.2. The van der Waals surface area contributed by atoms with Crippen LogP contribution in [0.4, 0.5) is 32.0 Å². The number of alkyl halides is 6. The minimum atomic E-state index is -5.42. The standard InChI is InChI=1S/C27H21ClF6N2O4S2/c28-18-3-1-6-21(15-18)42(38,39)35-19-4-2-5-20(16-19)41-22-9-7-17(8-10-23(37)36-11-13-40-14-12-36)24(26(29,30)31)25(22)27(32,33)34/h1-10,15-16,35H,11-14H2. The van der Waals surface area contributed by atoms with E-state index in [1.54, 1.807) is 0 Å². The van der Waals surface area contributed by atoms with E-state index >= 15 is 0 Å². The number of anilines is 1. The summed E-state index contributed by atoms with van der Waals surface area (Å²) in [4.78, 5) is 12.8. The SMILES string of the molecule is O=C(C=Cc1ccc(Sc2cccc(NS(=O)(=O)c3cccc(Cl)c3)c2)c(C(F)(F)F)c1C(F)(F)F)N1CCOCC1. The predicted octanol–water partition coefficient (Wildman–Crippen LogP) is 7.20. The van der Waals surface area contributed by atoms with Gasteiger partial charge in [-0.2, -0.15) is 26.3 Å². The number of rotatable bonds is 7. The molecule has 3 aromatic carbocycles. The molecule has 0 spiro atoms. The fourth-order valence-corrected chi connectivity index (χ4v) is 6.45. The van der Waals surface area contributed by atoms with Gasteiger partial charge in [0.25, 0.3) is 10.0 Å². The van der Waals surface area contributed by atoms with Crippen LogP contribution in [-0.4, -0.2) is 45.5 Å². The summed E-state index contributed by atoms with van der Waals surface area (Å²) in [6.07, 6.45) is -9.32. The van der Waals surface area contributed by atoms with Crippen molar-refractivity contribution in [2.75, 3.05) is 31.0 Å². The lowest BCUT2D eigenvalue weighted by atomic mass is 9.99. The van der Waals surface area contributed by atoms with Crippen molar-refractivity contribution in [3.8, 4) is 0 Å². The zero-order valence-corrected chi connectivity index (χ0v) is 23.7. The van der Waals surface area contributed by atoms with Crippen molar-refractivity contribution in [3.05, 3.63) is 88.5 Å². The molecule has 3 aromatic rings. The molecule has 0 aromatic heterocycles. The number of hydrogen-bond acceptors (Lipinski definition) is 5. The lowest BCUT2D eigenvalue weighted by Crippen LogP contribution is -2.39. The van der Waals surface area contributed by atoms with Crippen LogP contribution >= 0.6 is 23.4 Å². The molecule has 1 saturated heterocycles. The molecule has 15 heteroatoms. The average molecular weight is 651 g/mol. The molecule has 6 nitrogen and oxygen atoms in total. The van der Waals surface area contributed by atoms with E-state index in [0.717, 1.165) is 24.3 Å². The number of carbonyl (C=O) groups is 1. The lowest BCUT2D eigenvalue weighted by Gasteiger charge is -2.25. The molecule has 1 amide bonds. The van der Waals surface area contributed by atoms with E-state index in [1.165, 1.54) is 53.4 Å². The highest BCUT2D eigenvalue weighted by atomic mass is 35.5. The maximum Gasteiger partial charge on any atom is 0.418 e. The first-order chi connectivity index (χ1) is 19.6. The van der Waals surface area contributed by atoms with E-state index in [4.69, 9.17) is 16.3 Å². The Morgan fingerprint density at radius 3 is 2.24 bits per heavy atom. The van der Waals surface area contributed by atoms with Gasteiger partial charge in [0.1, 0.15) is 0 Å². The van der Waals surface area contributed by atoms with Gasteiger partial charge in [-0.1, -0.05) is 41.6 Å². The molecule has 1 heterocycles. The minimum Gasteiger partial charge on any atom is -0.378 e. The van der Waals surface area contributed by atoms with E-state index in [2.05, 4.69) is 4.72 Å². The van der Waals surface area contributed by atoms with Crippen LogP contribution < -0.4 is 4.72 Å². The van der Waals surface area contributed by atoms with Crippen LogP contribution in [-0.2, 0) is 31.9 Å². The Bertz CT molecular complexity index is 1600. The van der Waals surface area contributed by atoms with Crippen LogP contribution in [0, 0.1) is 0 Å². The normalized spacial score (nSPS) is 14.8. The molecule has 4 rings (SSSR count). The molecule has 1 aliphatic heterocycles. The van der Waals surface area contributed by atoms with Gasteiger partial charge in [0.15, 0.2) is 0 Å². The van der Waals surface area contributed by atoms with Gasteiger partial charge in [-0.15, -0.1) is 0 Å². The second kappa shape index (κ2) is 12.6. The summed E-state index contributed by atoms with van der Waals surface area (Å²) in [7, 11) is -4.13. The van der Waals surface area contributed by atoms with Crippen LogP contribution in [0.5, 0.6) is 0 Å². The number of hydrogen-bond donors (Lipinski definition) is 1. The van der Waals surface area contributed by atoms with Gasteiger partial charge in [0, 0.05) is 39.7 Å². The van der Waals surface area contributed by atoms with Crippen LogP contribution in [0.1, 0.15) is 16.7 Å². The monoisotopic (exact) mass is 650 g/mol. The molecule has 0 unspecified atom stereocenters. The Morgan fingerprint density at radius 2 is 1.60 bits per heavy atom. The second-order valence-corrected chi connectivity index (χ2v) is 12.1. The number of sulfonamides is 1. The number of benzene rings is 3. The molecule has 1 fully saturated rings. The first kappa shape index (κ1) is 31.7. The van der Waals surface area contributed by atoms with Crippen molar-refractivity contribution < 1.29 is 44.3 Å². The van der Waals surface area contributed by atoms with Crippen LogP contribution in [0.3, 0.4) is 0 Å². The largest absolute Gasteiger partial charge is 0.418 e. The van der Waals surface area contributed by atoms with Crippen molar-refractivity contribution in [1.29, 1.82) is 0 Å². The fourth-order valence-electron chi connectivity index (χ4n) is 4.06. The Hall–Kier alpha value is -3.20. The predicted molar refractivity (Wildman–Crippen MR) is 146 cm³/mol. The number of amides is 1. The Labute approximate surface area is 246 Å². The zero-order chi connectivity index (χ0) is 30.7. The zero-order valence-electron chi connectivity index (χ0n) is 21.3. The molecule has 1 N–H and O–H groups in total.